The largest absolute Gasteiger partial charge is 0.496 e. The van der Waals surface area contributed by atoms with Crippen LogP contribution in [0.5, 0.6) is 5.75 Å². The summed E-state index contributed by atoms with van der Waals surface area (Å²) >= 11 is 0. The lowest BCUT2D eigenvalue weighted by atomic mass is 10.0. The van der Waals surface area contributed by atoms with E-state index >= 15 is 0 Å². The van der Waals surface area contributed by atoms with Crippen molar-refractivity contribution in [2.75, 3.05) is 26.7 Å². The Morgan fingerprint density at radius 2 is 1.88 bits per heavy atom. The number of hydrogen-bond donors (Lipinski definition) is 2. The van der Waals surface area contributed by atoms with Crippen LogP contribution in [-0.2, 0) is 0 Å². The number of aliphatic imine (C=N–C) groups is 1. The molecule has 25 heavy (non-hydrogen) atoms. The van der Waals surface area contributed by atoms with Crippen molar-refractivity contribution in [3.63, 3.8) is 0 Å². The summed E-state index contributed by atoms with van der Waals surface area (Å²) in [6, 6.07) is 8.43. The molecule has 1 aromatic carbocycles. The minimum absolute atomic E-state index is 0. The average Bonchev–Trinajstić information content (AvgIpc) is 2.55. The van der Waals surface area contributed by atoms with E-state index in [1.54, 1.807) is 7.11 Å². The highest BCUT2D eigenvalue weighted by molar-refractivity contribution is 14.0. The van der Waals surface area contributed by atoms with Gasteiger partial charge >= 0.3 is 0 Å². The molecule has 0 spiro atoms. The highest BCUT2D eigenvalue weighted by Crippen LogP contribution is 2.31. The number of benzene rings is 1. The van der Waals surface area contributed by atoms with Crippen LogP contribution in [0.2, 0.25) is 0 Å². The summed E-state index contributed by atoms with van der Waals surface area (Å²) in [4.78, 5) is 7.13. The van der Waals surface area contributed by atoms with Gasteiger partial charge in [-0.2, -0.15) is 0 Å². The molecule has 0 aromatic heterocycles. The molecule has 0 amide bonds. The smallest absolute Gasteiger partial charge is 0.189 e. The van der Waals surface area contributed by atoms with Gasteiger partial charge in [0.15, 0.2) is 5.96 Å². The van der Waals surface area contributed by atoms with E-state index in [0.717, 1.165) is 18.8 Å². The molecule has 0 radical (unpaired) electrons. The van der Waals surface area contributed by atoms with Gasteiger partial charge in [0.1, 0.15) is 5.75 Å². The van der Waals surface area contributed by atoms with E-state index in [1.165, 1.54) is 24.8 Å². The second-order valence-corrected chi connectivity index (χ2v) is 7.46. The van der Waals surface area contributed by atoms with Crippen LogP contribution in [0, 0.1) is 0 Å². The predicted octanol–water partition coefficient (Wildman–Crippen LogP) is 3.54. The van der Waals surface area contributed by atoms with E-state index in [1.807, 2.05) is 12.1 Å². The van der Waals surface area contributed by atoms with Gasteiger partial charge in [-0.15, -0.1) is 24.0 Å². The molecule has 1 unspecified atom stereocenters. The second-order valence-electron chi connectivity index (χ2n) is 7.46. The summed E-state index contributed by atoms with van der Waals surface area (Å²) in [5, 5.41) is 3.24. The summed E-state index contributed by atoms with van der Waals surface area (Å²) < 4.78 is 5.58. The molecule has 1 saturated heterocycles. The van der Waals surface area contributed by atoms with Crippen molar-refractivity contribution in [1.82, 2.24) is 10.2 Å². The van der Waals surface area contributed by atoms with Gasteiger partial charge < -0.3 is 15.8 Å². The molecular formula is C19H33IN4O. The van der Waals surface area contributed by atoms with Crippen LogP contribution in [0.1, 0.15) is 51.6 Å². The topological polar surface area (TPSA) is 62.9 Å². The number of nitrogens with two attached hydrogens (primary N) is 1. The summed E-state index contributed by atoms with van der Waals surface area (Å²) in [5.41, 5.74) is 7.18. The Bertz CT molecular complexity index is 551. The lowest BCUT2D eigenvalue weighted by molar-refractivity contribution is 0.165. The van der Waals surface area contributed by atoms with Gasteiger partial charge in [0.25, 0.3) is 0 Å². The van der Waals surface area contributed by atoms with E-state index in [9.17, 15) is 0 Å². The van der Waals surface area contributed by atoms with Crippen molar-refractivity contribution in [3.05, 3.63) is 29.8 Å². The number of hydrogen-bond acceptors (Lipinski definition) is 3. The number of methoxy groups -OCH3 is 1. The number of piperidine rings is 1. The zero-order valence-electron chi connectivity index (χ0n) is 15.9. The van der Waals surface area contributed by atoms with Crippen LogP contribution in [0.25, 0.3) is 0 Å². The molecule has 1 heterocycles. The van der Waals surface area contributed by atoms with E-state index in [-0.39, 0.29) is 35.6 Å². The van der Waals surface area contributed by atoms with Crippen molar-refractivity contribution < 1.29 is 4.74 Å². The molecule has 1 aromatic rings. The molecule has 1 aliphatic heterocycles. The molecule has 0 aliphatic carbocycles. The van der Waals surface area contributed by atoms with E-state index < -0.39 is 0 Å². The first-order valence-electron chi connectivity index (χ1n) is 8.86. The number of nitrogens with zero attached hydrogens (tertiary/aromatic N) is 2. The fourth-order valence-electron chi connectivity index (χ4n) is 3.19. The van der Waals surface area contributed by atoms with Gasteiger partial charge in [0.05, 0.1) is 19.7 Å². The van der Waals surface area contributed by atoms with Crippen LogP contribution in [0.3, 0.4) is 0 Å². The molecule has 6 heteroatoms. The summed E-state index contributed by atoms with van der Waals surface area (Å²) in [6.45, 7) is 9.08. The maximum Gasteiger partial charge on any atom is 0.189 e. The third kappa shape index (κ3) is 7.01. The molecule has 1 aliphatic rings. The normalized spacial score (nSPS) is 17.5. The quantitative estimate of drug-likeness (QED) is 0.401. The zero-order chi connectivity index (χ0) is 17.6. The lowest BCUT2D eigenvalue weighted by Gasteiger charge is -2.34. The van der Waals surface area contributed by atoms with Crippen molar-refractivity contribution in [3.8, 4) is 5.75 Å². The lowest BCUT2D eigenvalue weighted by Crippen LogP contribution is -2.45. The van der Waals surface area contributed by atoms with E-state index in [2.05, 4.69) is 48.1 Å². The monoisotopic (exact) mass is 460 g/mol. The Balaban J connectivity index is 0.00000312. The number of rotatable bonds is 5. The Morgan fingerprint density at radius 3 is 2.48 bits per heavy atom. The van der Waals surface area contributed by atoms with Crippen molar-refractivity contribution in [1.29, 1.82) is 0 Å². The molecule has 1 atom stereocenters. The van der Waals surface area contributed by atoms with Crippen LogP contribution in [-0.4, -0.2) is 43.1 Å². The fourth-order valence-corrected chi connectivity index (χ4v) is 3.19. The second kappa shape index (κ2) is 10.2. The van der Waals surface area contributed by atoms with Gasteiger partial charge in [-0.3, -0.25) is 9.89 Å². The molecule has 0 saturated carbocycles. The molecular weight excluding hydrogens is 427 g/mol. The molecule has 0 bridgehead atoms. The highest BCUT2D eigenvalue weighted by Gasteiger charge is 2.24. The molecule has 2 rings (SSSR count). The Labute approximate surface area is 169 Å². The number of para-hydroxylation sites is 1. The number of halogens is 1. The first-order valence-corrected chi connectivity index (χ1v) is 8.86. The van der Waals surface area contributed by atoms with Crippen molar-refractivity contribution in [2.45, 2.75) is 51.6 Å². The molecule has 3 N–H and O–H groups in total. The first kappa shape index (κ1) is 22.0. The minimum atomic E-state index is -0.0847. The predicted molar refractivity (Wildman–Crippen MR) is 116 cm³/mol. The molecule has 142 valence electrons. The van der Waals surface area contributed by atoms with Crippen LogP contribution < -0.4 is 15.8 Å². The van der Waals surface area contributed by atoms with Crippen molar-refractivity contribution in [2.24, 2.45) is 10.7 Å². The van der Waals surface area contributed by atoms with Gasteiger partial charge in [-0.25, -0.2) is 0 Å². The average molecular weight is 460 g/mol. The van der Waals surface area contributed by atoms with Crippen LogP contribution in [0.4, 0.5) is 0 Å². The summed E-state index contributed by atoms with van der Waals surface area (Å²) in [7, 11) is 1.73. The molecule has 5 nitrogen and oxygen atoms in total. The van der Waals surface area contributed by atoms with Gasteiger partial charge in [-0.05, 0) is 52.8 Å². The van der Waals surface area contributed by atoms with Crippen LogP contribution >= 0.6 is 24.0 Å². The van der Waals surface area contributed by atoms with E-state index in [0.29, 0.717) is 12.5 Å². The maximum absolute atomic E-state index is 6.08. The number of guanidine groups is 1. The Hall–Kier alpha value is -1.02. The number of nitrogens with one attached hydrogen (secondary N) is 1. The van der Waals surface area contributed by atoms with Gasteiger partial charge in [0.2, 0.25) is 0 Å². The highest BCUT2D eigenvalue weighted by atomic mass is 127. The van der Waals surface area contributed by atoms with Gasteiger partial charge in [-0.1, -0.05) is 24.6 Å². The minimum Gasteiger partial charge on any atom is -0.496 e. The third-order valence-corrected chi connectivity index (χ3v) is 4.27. The fraction of sp³-hybridized carbons (Fsp3) is 0.632. The number of ether oxygens (including phenoxy) is 1. The summed E-state index contributed by atoms with van der Waals surface area (Å²) in [6.07, 6.45) is 3.79. The van der Waals surface area contributed by atoms with Crippen LogP contribution in [0.15, 0.2) is 29.3 Å². The Morgan fingerprint density at radius 1 is 1.24 bits per heavy atom. The third-order valence-electron chi connectivity index (χ3n) is 4.27. The SMILES string of the molecule is COc1ccccc1C(CN=C(N)NC(C)(C)C)N1CCCCC1.I. The first-order chi connectivity index (χ1) is 11.4. The number of likely N-dealkylation sites (tertiary alicyclic amines) is 1. The Kier molecular flexibility index (Phi) is 8.99. The van der Waals surface area contributed by atoms with Crippen molar-refractivity contribution >= 4 is 29.9 Å². The van der Waals surface area contributed by atoms with E-state index in [4.69, 9.17) is 10.5 Å². The standard InChI is InChI=1S/C19H32N4O.HI/c1-19(2,3)22-18(20)21-14-16(23-12-8-5-9-13-23)15-10-6-7-11-17(15)24-4;/h6-7,10-11,16H,5,8-9,12-14H2,1-4H3,(H3,20,21,22);1H. The zero-order valence-corrected chi connectivity index (χ0v) is 18.2. The van der Waals surface area contributed by atoms with Gasteiger partial charge in [0, 0.05) is 11.1 Å². The molecule has 1 fully saturated rings. The maximum atomic E-state index is 6.08. The summed E-state index contributed by atoms with van der Waals surface area (Å²) in [5.74, 6) is 1.42.